The fraction of sp³-hybridized carbons (Fsp3) is 0.222. The van der Waals surface area contributed by atoms with Gasteiger partial charge in [-0.15, -0.1) is 5.10 Å². The number of aromatic nitrogens is 4. The zero-order valence-electron chi connectivity index (χ0n) is 15.3. The molecule has 0 bridgehead atoms. The predicted octanol–water partition coefficient (Wildman–Crippen LogP) is 3.38. The van der Waals surface area contributed by atoms with Crippen molar-refractivity contribution < 1.29 is 18.3 Å². The molecule has 0 unspecified atom stereocenters. The molecule has 1 atom stereocenters. The summed E-state index contributed by atoms with van der Waals surface area (Å²) in [5.41, 5.74) is 1.52. The number of halogens is 2. The van der Waals surface area contributed by atoms with Crippen molar-refractivity contribution >= 4 is 23.4 Å². The van der Waals surface area contributed by atoms with Crippen LogP contribution in [0, 0.1) is 18.6 Å². The molecule has 0 saturated carbocycles. The van der Waals surface area contributed by atoms with Crippen LogP contribution in [0.4, 0.5) is 14.5 Å². The Balaban J connectivity index is 1.79. The molecule has 28 heavy (non-hydrogen) atoms. The van der Waals surface area contributed by atoms with Crippen molar-refractivity contribution in [3.05, 3.63) is 53.6 Å². The van der Waals surface area contributed by atoms with Crippen LogP contribution < -0.4 is 10.1 Å². The number of nitrogens with zero attached hydrogens (tertiary/aromatic N) is 4. The number of methoxy groups -OCH3 is 1. The molecule has 1 amide bonds. The van der Waals surface area contributed by atoms with Crippen molar-refractivity contribution in [3.8, 4) is 11.4 Å². The van der Waals surface area contributed by atoms with Gasteiger partial charge < -0.3 is 10.1 Å². The Bertz CT molecular complexity index is 1010. The number of carbonyl (C=O) groups is 1. The van der Waals surface area contributed by atoms with Crippen LogP contribution in [0.15, 0.2) is 41.6 Å². The number of aryl methyl sites for hydroxylation is 1. The van der Waals surface area contributed by atoms with Gasteiger partial charge in [-0.3, -0.25) is 4.79 Å². The third-order valence-electron chi connectivity index (χ3n) is 3.84. The van der Waals surface area contributed by atoms with Gasteiger partial charge in [-0.2, -0.15) is 4.68 Å². The third-order valence-corrected chi connectivity index (χ3v) is 4.88. The lowest BCUT2D eigenvalue weighted by Crippen LogP contribution is -2.23. The van der Waals surface area contributed by atoms with Gasteiger partial charge in [-0.25, -0.2) is 8.78 Å². The van der Waals surface area contributed by atoms with E-state index >= 15 is 0 Å². The number of hydrogen-bond acceptors (Lipinski definition) is 6. The second kappa shape index (κ2) is 8.34. The molecule has 0 aliphatic rings. The van der Waals surface area contributed by atoms with Crippen LogP contribution in [0.3, 0.4) is 0 Å². The molecular weight excluding hydrogens is 388 g/mol. The van der Waals surface area contributed by atoms with E-state index in [1.165, 1.54) is 10.7 Å². The van der Waals surface area contributed by atoms with E-state index in [9.17, 15) is 13.6 Å². The van der Waals surface area contributed by atoms with Crippen LogP contribution in [-0.4, -0.2) is 38.5 Å². The van der Waals surface area contributed by atoms with Crippen molar-refractivity contribution in [1.82, 2.24) is 20.2 Å². The highest BCUT2D eigenvalue weighted by Crippen LogP contribution is 2.29. The predicted molar refractivity (Wildman–Crippen MR) is 101 cm³/mol. The number of amides is 1. The maximum atomic E-state index is 13.7. The summed E-state index contributed by atoms with van der Waals surface area (Å²) in [6.07, 6.45) is 0. The van der Waals surface area contributed by atoms with Gasteiger partial charge in [0.1, 0.15) is 23.1 Å². The zero-order valence-corrected chi connectivity index (χ0v) is 16.1. The average molecular weight is 405 g/mol. The Morgan fingerprint density at radius 2 is 2.04 bits per heavy atom. The van der Waals surface area contributed by atoms with E-state index in [4.69, 9.17) is 4.74 Å². The summed E-state index contributed by atoms with van der Waals surface area (Å²) >= 11 is 1.10. The number of nitrogens with one attached hydrogen (secondary N) is 1. The average Bonchev–Trinajstić information content (AvgIpc) is 3.11. The van der Waals surface area contributed by atoms with Crippen LogP contribution in [0.1, 0.15) is 12.5 Å². The number of anilines is 1. The molecule has 146 valence electrons. The Hall–Kier alpha value is -3.01. The zero-order chi connectivity index (χ0) is 20.3. The van der Waals surface area contributed by atoms with Gasteiger partial charge in [-0.05, 0) is 54.1 Å². The Morgan fingerprint density at radius 1 is 1.25 bits per heavy atom. The van der Waals surface area contributed by atoms with Crippen molar-refractivity contribution in [3.63, 3.8) is 0 Å². The molecule has 0 aliphatic heterocycles. The lowest BCUT2D eigenvalue weighted by molar-refractivity contribution is -0.115. The van der Waals surface area contributed by atoms with E-state index in [2.05, 4.69) is 20.8 Å². The summed E-state index contributed by atoms with van der Waals surface area (Å²) < 4.78 is 33.6. The third kappa shape index (κ3) is 4.28. The van der Waals surface area contributed by atoms with E-state index in [1.807, 2.05) is 19.1 Å². The highest BCUT2D eigenvalue weighted by atomic mass is 32.2. The second-order valence-electron chi connectivity index (χ2n) is 5.92. The monoisotopic (exact) mass is 405 g/mol. The van der Waals surface area contributed by atoms with Crippen LogP contribution >= 0.6 is 11.8 Å². The molecule has 3 aromatic rings. The number of hydrogen-bond donors (Lipinski definition) is 1. The van der Waals surface area contributed by atoms with E-state index in [0.717, 1.165) is 23.4 Å². The Labute approximate surface area is 164 Å². The van der Waals surface area contributed by atoms with Crippen LogP contribution in [-0.2, 0) is 4.79 Å². The Morgan fingerprint density at radius 3 is 2.75 bits per heavy atom. The topological polar surface area (TPSA) is 81.9 Å². The minimum absolute atomic E-state index is 0.0983. The van der Waals surface area contributed by atoms with E-state index in [0.29, 0.717) is 22.7 Å². The molecule has 7 nitrogen and oxygen atoms in total. The molecule has 0 aliphatic carbocycles. The molecule has 1 aromatic heterocycles. The lowest BCUT2D eigenvalue weighted by atomic mass is 10.2. The van der Waals surface area contributed by atoms with Crippen LogP contribution in [0.5, 0.6) is 5.75 Å². The normalized spacial score (nSPS) is 11.9. The maximum Gasteiger partial charge on any atom is 0.237 e. The summed E-state index contributed by atoms with van der Waals surface area (Å²) in [4.78, 5) is 12.4. The van der Waals surface area contributed by atoms with Gasteiger partial charge in [0.15, 0.2) is 0 Å². The number of ether oxygens (including phenoxy) is 1. The minimum Gasteiger partial charge on any atom is -0.494 e. The van der Waals surface area contributed by atoms with Gasteiger partial charge in [-0.1, -0.05) is 17.8 Å². The van der Waals surface area contributed by atoms with Crippen molar-refractivity contribution in [2.75, 3.05) is 12.4 Å². The first-order chi connectivity index (χ1) is 13.4. The first-order valence-corrected chi connectivity index (χ1v) is 9.13. The van der Waals surface area contributed by atoms with Crippen LogP contribution in [0.2, 0.25) is 0 Å². The molecule has 3 rings (SSSR count). The van der Waals surface area contributed by atoms with E-state index in [-0.39, 0.29) is 5.69 Å². The van der Waals surface area contributed by atoms with Gasteiger partial charge >= 0.3 is 0 Å². The molecule has 0 fully saturated rings. The molecule has 1 N–H and O–H groups in total. The highest BCUT2D eigenvalue weighted by molar-refractivity contribution is 8.00. The summed E-state index contributed by atoms with van der Waals surface area (Å²) in [6.45, 7) is 3.56. The number of carbonyl (C=O) groups excluding carboxylic acids is 1. The molecule has 0 spiro atoms. The first kappa shape index (κ1) is 19.7. The van der Waals surface area contributed by atoms with Gasteiger partial charge in [0.05, 0.1) is 18.0 Å². The standard InChI is InChI=1S/C18H17F2N5O2S/c1-10-4-7-16(27-3)15(8-10)25-18(22-23-24-25)28-11(2)17(26)21-14-6-5-12(19)9-13(14)20/h4-9,11H,1-3H3,(H,21,26)/t11-/m1/s1. The fourth-order valence-electron chi connectivity index (χ4n) is 2.41. The summed E-state index contributed by atoms with van der Waals surface area (Å²) in [5.74, 6) is -1.46. The first-order valence-electron chi connectivity index (χ1n) is 8.25. The largest absolute Gasteiger partial charge is 0.494 e. The highest BCUT2D eigenvalue weighted by Gasteiger charge is 2.21. The molecule has 1 heterocycles. The minimum atomic E-state index is -0.847. The number of tetrazole rings is 1. The lowest BCUT2D eigenvalue weighted by Gasteiger charge is -2.13. The quantitative estimate of drug-likeness (QED) is 0.633. The van der Waals surface area contributed by atoms with E-state index < -0.39 is 22.8 Å². The van der Waals surface area contributed by atoms with Gasteiger partial charge in [0.2, 0.25) is 11.1 Å². The summed E-state index contributed by atoms with van der Waals surface area (Å²) in [7, 11) is 1.54. The number of benzene rings is 2. The van der Waals surface area contributed by atoms with Crippen LogP contribution in [0.25, 0.3) is 5.69 Å². The van der Waals surface area contributed by atoms with Crippen molar-refractivity contribution in [1.29, 1.82) is 0 Å². The molecule has 0 radical (unpaired) electrons. The van der Waals surface area contributed by atoms with Gasteiger partial charge in [0.25, 0.3) is 0 Å². The van der Waals surface area contributed by atoms with Crippen molar-refractivity contribution in [2.45, 2.75) is 24.3 Å². The van der Waals surface area contributed by atoms with Gasteiger partial charge in [0, 0.05) is 6.07 Å². The summed E-state index contributed by atoms with van der Waals surface area (Å²) in [5, 5.41) is 13.8. The fourth-order valence-corrected chi connectivity index (χ4v) is 3.21. The number of thioether (sulfide) groups is 1. The SMILES string of the molecule is COc1ccc(C)cc1-n1nnnc1S[C@H](C)C(=O)Nc1ccc(F)cc1F. The second-order valence-corrected chi connectivity index (χ2v) is 7.23. The molecule has 10 heteroatoms. The number of rotatable bonds is 6. The van der Waals surface area contributed by atoms with Crippen molar-refractivity contribution in [2.24, 2.45) is 0 Å². The Kier molecular flexibility index (Phi) is 5.88. The molecule has 0 saturated heterocycles. The summed E-state index contributed by atoms with van der Waals surface area (Å²) in [6, 6.07) is 8.50. The molecule has 2 aromatic carbocycles. The molecular formula is C18H17F2N5O2S. The smallest absolute Gasteiger partial charge is 0.237 e. The maximum absolute atomic E-state index is 13.7. The van der Waals surface area contributed by atoms with E-state index in [1.54, 1.807) is 20.1 Å².